The largest absolute Gasteiger partial charge is 0.454 e. The fraction of sp³-hybridized carbons (Fsp3) is 0.158. The molecule has 2 aromatic carbocycles. The van der Waals surface area contributed by atoms with Gasteiger partial charge in [0.05, 0.1) is 21.9 Å². The Labute approximate surface area is 159 Å². The monoisotopic (exact) mass is 384 g/mol. The van der Waals surface area contributed by atoms with Crippen molar-refractivity contribution >= 4 is 29.1 Å². The predicted molar refractivity (Wildman–Crippen MR) is 99.3 cm³/mol. The van der Waals surface area contributed by atoms with Crippen molar-refractivity contribution in [3.05, 3.63) is 69.2 Å². The van der Waals surface area contributed by atoms with Crippen LogP contribution in [0.4, 0.5) is 0 Å². The van der Waals surface area contributed by atoms with Crippen LogP contribution in [0.15, 0.2) is 53.1 Å². The molecule has 2 aliphatic heterocycles. The molecule has 26 heavy (non-hydrogen) atoms. The average molecular weight is 385 g/mol. The molecule has 0 aliphatic carbocycles. The van der Waals surface area contributed by atoms with Crippen molar-refractivity contribution < 1.29 is 14.3 Å². The van der Waals surface area contributed by atoms with Crippen LogP contribution in [0.5, 0.6) is 11.5 Å². The normalized spacial score (nSPS) is 20.9. The van der Waals surface area contributed by atoms with E-state index < -0.39 is 11.2 Å². The molecule has 2 aromatic rings. The Morgan fingerprint density at radius 1 is 1.23 bits per heavy atom. The molecule has 5 nitrogen and oxygen atoms in total. The number of nitrogens with two attached hydrogens (primary N) is 1. The Hall–Kier alpha value is -2.62. The number of halogens is 1. The SMILES string of the molecule is N#CC1=C(N)S[C@@H](C(=O)c2ccccc2)[C@H]1c1cc2c(cc1Cl)OCO2. The van der Waals surface area contributed by atoms with Crippen LogP contribution in [-0.2, 0) is 0 Å². The van der Waals surface area contributed by atoms with Crippen LogP contribution in [0, 0.1) is 11.3 Å². The quantitative estimate of drug-likeness (QED) is 0.809. The molecule has 0 saturated heterocycles. The molecule has 0 aromatic heterocycles. The summed E-state index contributed by atoms with van der Waals surface area (Å²) < 4.78 is 10.8. The van der Waals surface area contributed by atoms with Crippen LogP contribution >= 0.6 is 23.4 Å². The number of allylic oxidation sites excluding steroid dienone is 1. The Morgan fingerprint density at radius 2 is 1.92 bits per heavy atom. The van der Waals surface area contributed by atoms with Crippen molar-refractivity contribution in [1.29, 1.82) is 5.26 Å². The third kappa shape index (κ3) is 2.70. The maximum Gasteiger partial charge on any atom is 0.231 e. The summed E-state index contributed by atoms with van der Waals surface area (Å²) >= 11 is 7.65. The second kappa shape index (κ2) is 6.60. The Balaban J connectivity index is 1.80. The van der Waals surface area contributed by atoms with Gasteiger partial charge in [0, 0.05) is 22.6 Å². The summed E-state index contributed by atoms with van der Waals surface area (Å²) in [4.78, 5) is 13.1. The van der Waals surface area contributed by atoms with Crippen LogP contribution in [0.2, 0.25) is 5.02 Å². The molecule has 0 bridgehead atoms. The first-order valence-corrected chi connectivity index (χ1v) is 9.10. The number of carbonyl (C=O) groups excluding carboxylic acids is 1. The lowest BCUT2D eigenvalue weighted by atomic mass is 9.85. The van der Waals surface area contributed by atoms with E-state index in [1.165, 1.54) is 11.8 Å². The van der Waals surface area contributed by atoms with Gasteiger partial charge in [0.15, 0.2) is 17.3 Å². The second-order valence-corrected chi connectivity index (χ2v) is 7.45. The zero-order chi connectivity index (χ0) is 18.3. The van der Waals surface area contributed by atoms with Crippen LogP contribution in [0.3, 0.4) is 0 Å². The van der Waals surface area contributed by atoms with E-state index in [0.717, 1.165) is 0 Å². The number of ether oxygens (including phenoxy) is 2. The van der Waals surface area contributed by atoms with Gasteiger partial charge in [-0.25, -0.2) is 0 Å². The van der Waals surface area contributed by atoms with Gasteiger partial charge in [-0.15, -0.1) is 0 Å². The van der Waals surface area contributed by atoms with E-state index in [4.69, 9.17) is 26.8 Å². The first kappa shape index (κ1) is 16.8. The third-order valence-corrected chi connectivity index (χ3v) is 5.94. The Morgan fingerprint density at radius 3 is 2.62 bits per heavy atom. The lowest BCUT2D eigenvalue weighted by Gasteiger charge is -2.20. The number of nitrogens with zero attached hydrogens (tertiary/aromatic N) is 1. The van der Waals surface area contributed by atoms with Crippen molar-refractivity contribution in [1.82, 2.24) is 0 Å². The van der Waals surface area contributed by atoms with Crippen LogP contribution in [0.25, 0.3) is 0 Å². The van der Waals surface area contributed by atoms with Gasteiger partial charge in [0.1, 0.15) is 0 Å². The molecule has 130 valence electrons. The molecule has 0 unspecified atom stereocenters. The molecular formula is C19H13ClN2O3S. The summed E-state index contributed by atoms with van der Waals surface area (Å²) in [6.45, 7) is 0.115. The highest BCUT2D eigenvalue weighted by molar-refractivity contribution is 8.04. The zero-order valence-corrected chi connectivity index (χ0v) is 15.0. The lowest BCUT2D eigenvalue weighted by Crippen LogP contribution is -2.23. The number of Topliss-reactive ketones (excluding diaryl/α,β-unsaturated/α-hetero) is 1. The van der Waals surface area contributed by atoms with Gasteiger partial charge >= 0.3 is 0 Å². The number of benzene rings is 2. The number of thioether (sulfide) groups is 1. The summed E-state index contributed by atoms with van der Waals surface area (Å²) in [5, 5.41) is 9.80. The summed E-state index contributed by atoms with van der Waals surface area (Å²) in [6.07, 6.45) is 0. The Bertz CT molecular complexity index is 969. The third-order valence-electron chi connectivity index (χ3n) is 4.40. The van der Waals surface area contributed by atoms with E-state index in [1.54, 1.807) is 36.4 Å². The van der Waals surface area contributed by atoms with Crippen LogP contribution in [0.1, 0.15) is 21.8 Å². The highest BCUT2D eigenvalue weighted by Crippen LogP contribution is 2.50. The maximum atomic E-state index is 13.1. The second-order valence-electron chi connectivity index (χ2n) is 5.86. The molecule has 0 amide bonds. The standard InChI is InChI=1S/C19H13ClN2O3S/c20-13-7-15-14(24-9-25-15)6-11(13)16-12(8-21)19(22)26-18(16)17(23)10-4-2-1-3-5-10/h1-7,16,18H,9,22H2/t16-,18+/m0/s1. The molecule has 7 heteroatoms. The topological polar surface area (TPSA) is 85.3 Å². The summed E-state index contributed by atoms with van der Waals surface area (Å²) in [7, 11) is 0. The number of ketones is 1. The van der Waals surface area contributed by atoms with E-state index >= 15 is 0 Å². The summed E-state index contributed by atoms with van der Waals surface area (Å²) in [5.74, 6) is 0.455. The molecule has 0 fully saturated rings. The van der Waals surface area contributed by atoms with E-state index in [-0.39, 0.29) is 12.6 Å². The van der Waals surface area contributed by atoms with E-state index in [0.29, 0.717) is 38.3 Å². The van der Waals surface area contributed by atoms with Crippen LogP contribution < -0.4 is 15.2 Å². The van der Waals surface area contributed by atoms with Crippen LogP contribution in [-0.4, -0.2) is 17.8 Å². The minimum Gasteiger partial charge on any atom is -0.454 e. The van der Waals surface area contributed by atoms with Crippen molar-refractivity contribution in [2.45, 2.75) is 11.2 Å². The first-order chi connectivity index (χ1) is 12.6. The van der Waals surface area contributed by atoms with Crippen molar-refractivity contribution in [3.8, 4) is 17.6 Å². The molecule has 4 rings (SSSR count). The van der Waals surface area contributed by atoms with Gasteiger partial charge in [-0.3, -0.25) is 4.79 Å². The Kier molecular flexibility index (Phi) is 4.27. The van der Waals surface area contributed by atoms with Gasteiger partial charge in [-0.2, -0.15) is 5.26 Å². The highest BCUT2D eigenvalue weighted by Gasteiger charge is 2.42. The van der Waals surface area contributed by atoms with Gasteiger partial charge in [0.25, 0.3) is 0 Å². The molecular weight excluding hydrogens is 372 g/mol. The highest BCUT2D eigenvalue weighted by atomic mass is 35.5. The minimum atomic E-state index is -0.565. The molecule has 0 saturated carbocycles. The van der Waals surface area contributed by atoms with E-state index in [2.05, 4.69) is 6.07 Å². The summed E-state index contributed by atoms with van der Waals surface area (Å²) in [6, 6.07) is 14.5. The summed E-state index contributed by atoms with van der Waals surface area (Å²) in [5.41, 5.74) is 7.61. The number of nitriles is 1. The number of rotatable bonds is 3. The fourth-order valence-corrected chi connectivity index (χ4v) is 4.67. The van der Waals surface area contributed by atoms with Gasteiger partial charge in [-0.05, 0) is 11.6 Å². The molecule has 2 aliphatic rings. The number of carbonyl (C=O) groups is 1. The smallest absolute Gasteiger partial charge is 0.231 e. The van der Waals surface area contributed by atoms with Gasteiger partial charge in [-0.1, -0.05) is 53.7 Å². The number of hydrogen-bond donors (Lipinski definition) is 1. The molecule has 2 N–H and O–H groups in total. The van der Waals surface area contributed by atoms with Crippen molar-refractivity contribution in [2.75, 3.05) is 6.79 Å². The van der Waals surface area contributed by atoms with Gasteiger partial charge in [0.2, 0.25) is 6.79 Å². The lowest BCUT2D eigenvalue weighted by molar-refractivity contribution is 0.0985. The van der Waals surface area contributed by atoms with Crippen molar-refractivity contribution in [2.24, 2.45) is 5.73 Å². The van der Waals surface area contributed by atoms with E-state index in [1.807, 2.05) is 6.07 Å². The van der Waals surface area contributed by atoms with E-state index in [9.17, 15) is 10.1 Å². The average Bonchev–Trinajstić information content (AvgIpc) is 3.24. The molecule has 0 spiro atoms. The minimum absolute atomic E-state index is 0.0949. The first-order valence-electron chi connectivity index (χ1n) is 7.85. The molecule has 2 atom stereocenters. The number of hydrogen-bond acceptors (Lipinski definition) is 6. The van der Waals surface area contributed by atoms with Gasteiger partial charge < -0.3 is 15.2 Å². The van der Waals surface area contributed by atoms with Crippen molar-refractivity contribution in [3.63, 3.8) is 0 Å². The fourth-order valence-electron chi connectivity index (χ4n) is 3.16. The predicted octanol–water partition coefficient (Wildman–Crippen LogP) is 3.84. The molecule has 0 radical (unpaired) electrons. The maximum absolute atomic E-state index is 13.1. The molecule has 2 heterocycles. The zero-order valence-electron chi connectivity index (χ0n) is 13.4. The number of fused-ring (bicyclic) bond motifs is 1.